The number of rotatable bonds is 2. The predicted molar refractivity (Wildman–Crippen MR) is 81.4 cm³/mol. The fourth-order valence-corrected chi connectivity index (χ4v) is 2.70. The third kappa shape index (κ3) is 2.60. The van der Waals surface area contributed by atoms with Gasteiger partial charge in [-0.15, -0.1) is 0 Å². The molecule has 0 saturated carbocycles. The molecule has 3 rings (SSSR count). The minimum absolute atomic E-state index is 0.0411. The van der Waals surface area contributed by atoms with Gasteiger partial charge < -0.3 is 10.2 Å². The van der Waals surface area contributed by atoms with E-state index in [9.17, 15) is 22.8 Å². The first-order valence-electron chi connectivity index (χ1n) is 6.82. The highest BCUT2D eigenvalue weighted by Crippen LogP contribution is 2.31. The van der Waals surface area contributed by atoms with Crippen LogP contribution in [0.2, 0.25) is 5.02 Å². The Kier molecular flexibility index (Phi) is 3.96. The van der Waals surface area contributed by atoms with Crippen LogP contribution in [0, 0.1) is 17.5 Å². The van der Waals surface area contributed by atoms with Crippen molar-refractivity contribution >= 4 is 29.1 Å². The highest BCUT2D eigenvalue weighted by Gasteiger charge is 2.36. The number of nitrogens with one attached hydrogen (secondary N) is 1. The van der Waals surface area contributed by atoms with Crippen molar-refractivity contribution in [3.05, 3.63) is 63.9 Å². The number of nitrogens with zero attached hydrogens (tertiary/aromatic N) is 1. The summed E-state index contributed by atoms with van der Waals surface area (Å²) in [5, 5.41) is 2.07. The van der Waals surface area contributed by atoms with Crippen molar-refractivity contribution in [1.82, 2.24) is 5.32 Å². The molecule has 2 amide bonds. The molecule has 0 bridgehead atoms. The third-order valence-corrected chi connectivity index (χ3v) is 4.06. The van der Waals surface area contributed by atoms with Crippen molar-refractivity contribution in [3.8, 4) is 0 Å². The molecule has 8 heteroatoms. The maximum Gasteiger partial charge on any atom is 0.254 e. The van der Waals surface area contributed by atoms with E-state index in [-0.39, 0.29) is 21.8 Å². The van der Waals surface area contributed by atoms with E-state index in [0.717, 1.165) is 23.1 Å². The number of halogens is 4. The Bertz CT molecular complexity index is 873. The molecule has 1 heterocycles. The van der Waals surface area contributed by atoms with Crippen LogP contribution in [-0.2, 0) is 4.79 Å². The molecular formula is C16H10ClF3N2O2. The predicted octanol–water partition coefficient (Wildman–Crippen LogP) is 3.20. The second kappa shape index (κ2) is 5.83. The highest BCUT2D eigenvalue weighted by molar-refractivity contribution is 6.31. The first kappa shape index (κ1) is 16.3. The van der Waals surface area contributed by atoms with Gasteiger partial charge in [-0.2, -0.15) is 0 Å². The minimum atomic E-state index is -1.10. The van der Waals surface area contributed by atoms with E-state index in [2.05, 4.69) is 5.32 Å². The summed E-state index contributed by atoms with van der Waals surface area (Å²) in [7, 11) is 1.27. The molecule has 0 aromatic heterocycles. The monoisotopic (exact) mass is 354 g/mol. The SMILES string of the molecule is CN(C(=O)C1NC(=O)c2cc(F)ccc21)c1cc(Cl)c(F)cc1F. The van der Waals surface area contributed by atoms with Crippen molar-refractivity contribution < 1.29 is 22.8 Å². The zero-order valence-electron chi connectivity index (χ0n) is 12.2. The first-order valence-corrected chi connectivity index (χ1v) is 7.20. The molecule has 2 aromatic rings. The molecule has 0 saturated heterocycles. The van der Waals surface area contributed by atoms with Gasteiger partial charge in [0.2, 0.25) is 0 Å². The Morgan fingerprint density at radius 1 is 1.17 bits per heavy atom. The number of benzene rings is 2. The van der Waals surface area contributed by atoms with Crippen LogP contribution in [-0.4, -0.2) is 18.9 Å². The summed E-state index contributed by atoms with van der Waals surface area (Å²) in [5.41, 5.74) is 0.0856. The molecule has 1 atom stereocenters. The molecule has 1 aliphatic rings. The number of hydrogen-bond acceptors (Lipinski definition) is 2. The fraction of sp³-hybridized carbons (Fsp3) is 0.125. The number of anilines is 1. The molecule has 0 spiro atoms. The molecule has 2 aromatic carbocycles. The van der Waals surface area contributed by atoms with E-state index in [1.807, 2.05) is 0 Å². The third-order valence-electron chi connectivity index (χ3n) is 3.78. The van der Waals surface area contributed by atoms with Gasteiger partial charge in [-0.3, -0.25) is 9.59 Å². The van der Waals surface area contributed by atoms with Crippen LogP contribution < -0.4 is 10.2 Å². The number of carbonyl (C=O) groups is 2. The normalized spacial score (nSPS) is 15.9. The number of carbonyl (C=O) groups excluding carboxylic acids is 2. The fourth-order valence-electron chi connectivity index (χ4n) is 2.54. The van der Waals surface area contributed by atoms with Crippen molar-refractivity contribution in [2.75, 3.05) is 11.9 Å². The Morgan fingerprint density at radius 3 is 2.58 bits per heavy atom. The maximum absolute atomic E-state index is 13.9. The summed E-state index contributed by atoms with van der Waals surface area (Å²) in [6.45, 7) is 0. The largest absolute Gasteiger partial charge is 0.336 e. The number of amides is 2. The zero-order valence-corrected chi connectivity index (χ0v) is 13.0. The van der Waals surface area contributed by atoms with Crippen LogP contribution in [0.1, 0.15) is 22.0 Å². The lowest BCUT2D eigenvalue weighted by molar-refractivity contribution is -0.120. The van der Waals surface area contributed by atoms with Crippen LogP contribution in [0.25, 0.3) is 0 Å². The summed E-state index contributed by atoms with van der Waals surface area (Å²) in [4.78, 5) is 25.4. The molecule has 4 nitrogen and oxygen atoms in total. The molecule has 124 valence electrons. The van der Waals surface area contributed by atoms with Gasteiger partial charge in [-0.05, 0) is 23.8 Å². The molecule has 1 N–H and O–H groups in total. The van der Waals surface area contributed by atoms with Gasteiger partial charge in [0.1, 0.15) is 23.5 Å². The maximum atomic E-state index is 13.9. The van der Waals surface area contributed by atoms with E-state index in [0.29, 0.717) is 6.07 Å². The van der Waals surface area contributed by atoms with Gasteiger partial charge in [-0.25, -0.2) is 13.2 Å². The van der Waals surface area contributed by atoms with Gasteiger partial charge in [0.15, 0.2) is 0 Å². The van der Waals surface area contributed by atoms with Gasteiger partial charge in [0.05, 0.1) is 10.7 Å². The molecule has 1 aliphatic heterocycles. The van der Waals surface area contributed by atoms with E-state index in [1.165, 1.54) is 13.1 Å². The zero-order chi connectivity index (χ0) is 17.6. The summed E-state index contributed by atoms with van der Waals surface area (Å²) in [6.07, 6.45) is 0. The van der Waals surface area contributed by atoms with E-state index >= 15 is 0 Å². The minimum Gasteiger partial charge on any atom is -0.336 e. The van der Waals surface area contributed by atoms with E-state index in [4.69, 9.17) is 11.6 Å². The Morgan fingerprint density at radius 2 is 1.88 bits per heavy atom. The Hall–Kier alpha value is -2.54. The second-order valence-electron chi connectivity index (χ2n) is 5.25. The van der Waals surface area contributed by atoms with Gasteiger partial charge in [0.25, 0.3) is 11.8 Å². The van der Waals surface area contributed by atoms with Crippen LogP contribution in [0.5, 0.6) is 0 Å². The number of likely N-dealkylation sites (N-methyl/N-ethyl adjacent to an activating group) is 1. The average Bonchev–Trinajstić information content (AvgIpc) is 2.86. The number of fused-ring (bicyclic) bond motifs is 1. The lowest BCUT2D eigenvalue weighted by Gasteiger charge is -2.22. The van der Waals surface area contributed by atoms with E-state index < -0.39 is 35.3 Å². The quantitative estimate of drug-likeness (QED) is 0.842. The van der Waals surface area contributed by atoms with E-state index in [1.54, 1.807) is 0 Å². The smallest absolute Gasteiger partial charge is 0.254 e. The van der Waals surface area contributed by atoms with Crippen LogP contribution in [0.15, 0.2) is 30.3 Å². The number of hydrogen-bond donors (Lipinski definition) is 1. The Balaban J connectivity index is 1.96. The van der Waals surface area contributed by atoms with Gasteiger partial charge >= 0.3 is 0 Å². The average molecular weight is 355 g/mol. The lowest BCUT2D eigenvalue weighted by Crippen LogP contribution is -2.37. The van der Waals surface area contributed by atoms with Gasteiger partial charge in [-0.1, -0.05) is 17.7 Å². The summed E-state index contributed by atoms with van der Waals surface area (Å²) >= 11 is 5.62. The highest BCUT2D eigenvalue weighted by atomic mass is 35.5. The molecule has 1 unspecified atom stereocenters. The molecule has 0 fully saturated rings. The standard InChI is InChI=1S/C16H10ClF3N2O2/c1-22(13-5-10(17)11(19)6-12(13)20)16(24)14-8-3-2-7(18)4-9(8)15(23)21-14/h2-6,14H,1H3,(H,21,23). The molecule has 24 heavy (non-hydrogen) atoms. The summed E-state index contributed by atoms with van der Waals surface area (Å²) < 4.78 is 40.4. The first-order chi connectivity index (χ1) is 11.3. The second-order valence-corrected chi connectivity index (χ2v) is 5.66. The summed E-state index contributed by atoms with van der Waals surface area (Å²) in [6, 6.07) is 3.90. The van der Waals surface area contributed by atoms with Crippen molar-refractivity contribution in [3.63, 3.8) is 0 Å². The van der Waals surface area contributed by atoms with Crippen LogP contribution >= 0.6 is 11.6 Å². The summed E-state index contributed by atoms with van der Waals surface area (Å²) in [5.74, 6) is -3.81. The van der Waals surface area contributed by atoms with Crippen molar-refractivity contribution in [1.29, 1.82) is 0 Å². The molecule has 0 radical (unpaired) electrons. The molecule has 0 aliphatic carbocycles. The topological polar surface area (TPSA) is 49.4 Å². The lowest BCUT2D eigenvalue weighted by atomic mass is 10.0. The van der Waals surface area contributed by atoms with Crippen molar-refractivity contribution in [2.45, 2.75) is 6.04 Å². The van der Waals surface area contributed by atoms with Gasteiger partial charge in [0, 0.05) is 18.7 Å². The van der Waals surface area contributed by atoms with Crippen molar-refractivity contribution in [2.24, 2.45) is 0 Å². The Labute approximate surface area is 139 Å². The van der Waals surface area contributed by atoms with Crippen LogP contribution in [0.4, 0.5) is 18.9 Å². The van der Waals surface area contributed by atoms with Crippen LogP contribution in [0.3, 0.4) is 0 Å². The molecular weight excluding hydrogens is 345 g/mol.